The minimum absolute atomic E-state index is 0.0295. The van der Waals surface area contributed by atoms with Gasteiger partial charge in [-0.05, 0) is 30.0 Å². The maximum atomic E-state index is 12.1. The number of ether oxygens (including phenoxy) is 1. The molecule has 0 bridgehead atoms. The van der Waals surface area contributed by atoms with Crippen molar-refractivity contribution in [2.24, 2.45) is 7.05 Å². The van der Waals surface area contributed by atoms with Crippen LogP contribution in [0.3, 0.4) is 0 Å². The molecular formula is C18H21N3O4. The maximum absolute atomic E-state index is 12.1. The number of esters is 1. The molecule has 0 aliphatic carbocycles. The molecule has 2 rings (SSSR count). The molecule has 0 radical (unpaired) electrons. The number of nitrogens with one attached hydrogen (secondary N) is 1. The van der Waals surface area contributed by atoms with Crippen LogP contribution in [-0.4, -0.2) is 28.3 Å². The normalized spacial score (nSPS) is 10.4. The minimum atomic E-state index is -0.759. The summed E-state index contributed by atoms with van der Waals surface area (Å²) in [6, 6.07) is 8.35. The van der Waals surface area contributed by atoms with E-state index in [0.29, 0.717) is 0 Å². The van der Waals surface area contributed by atoms with Crippen molar-refractivity contribution in [3.63, 3.8) is 0 Å². The van der Waals surface area contributed by atoms with Crippen LogP contribution in [0.15, 0.2) is 35.1 Å². The van der Waals surface area contributed by atoms with E-state index in [-0.39, 0.29) is 11.3 Å². The number of para-hydroxylation sites is 1. The molecule has 0 aliphatic heterocycles. The van der Waals surface area contributed by atoms with Crippen LogP contribution in [0.4, 0.5) is 5.69 Å². The zero-order chi connectivity index (χ0) is 18.4. The van der Waals surface area contributed by atoms with Gasteiger partial charge in [0.2, 0.25) is 0 Å². The molecule has 7 nitrogen and oxygen atoms in total. The van der Waals surface area contributed by atoms with E-state index < -0.39 is 18.5 Å². The number of carbonyl (C=O) groups excluding carboxylic acids is 2. The van der Waals surface area contributed by atoms with Crippen molar-refractivity contribution in [2.75, 3.05) is 11.9 Å². The van der Waals surface area contributed by atoms with Gasteiger partial charge in [-0.25, -0.2) is 9.48 Å². The van der Waals surface area contributed by atoms with E-state index in [1.807, 2.05) is 32.0 Å². The summed E-state index contributed by atoms with van der Waals surface area (Å²) in [5, 5.41) is 6.60. The number of aryl methyl sites for hydroxylation is 3. The number of rotatable bonds is 6. The fourth-order valence-electron chi connectivity index (χ4n) is 2.39. The van der Waals surface area contributed by atoms with Crippen LogP contribution in [0.1, 0.15) is 35.5 Å². The first-order chi connectivity index (χ1) is 12.0. The van der Waals surface area contributed by atoms with Gasteiger partial charge in [0.1, 0.15) is 0 Å². The molecule has 25 heavy (non-hydrogen) atoms. The lowest BCUT2D eigenvalue weighted by Crippen LogP contribution is -2.25. The zero-order valence-electron chi connectivity index (χ0n) is 14.5. The highest BCUT2D eigenvalue weighted by molar-refractivity contribution is 5.95. The Morgan fingerprint density at radius 3 is 2.32 bits per heavy atom. The zero-order valence-corrected chi connectivity index (χ0v) is 14.5. The van der Waals surface area contributed by atoms with Crippen LogP contribution in [-0.2, 0) is 29.4 Å². The second-order valence-electron chi connectivity index (χ2n) is 5.46. The molecule has 132 valence electrons. The smallest absolute Gasteiger partial charge is 0.359 e. The van der Waals surface area contributed by atoms with E-state index in [1.165, 1.54) is 19.2 Å². The number of carbonyl (C=O) groups is 2. The average molecular weight is 343 g/mol. The fourth-order valence-corrected chi connectivity index (χ4v) is 2.39. The molecule has 2 aromatic rings. The lowest BCUT2D eigenvalue weighted by molar-refractivity contribution is -0.119. The van der Waals surface area contributed by atoms with Crippen LogP contribution in [0.25, 0.3) is 0 Å². The lowest BCUT2D eigenvalue weighted by Gasteiger charge is -2.14. The summed E-state index contributed by atoms with van der Waals surface area (Å²) in [5.41, 5.74) is 2.46. The predicted molar refractivity (Wildman–Crippen MR) is 93.6 cm³/mol. The minimum Gasteiger partial charge on any atom is -0.451 e. The van der Waals surface area contributed by atoms with Crippen LogP contribution < -0.4 is 10.9 Å². The Bertz CT molecular complexity index is 820. The largest absolute Gasteiger partial charge is 0.451 e. The highest BCUT2D eigenvalue weighted by Crippen LogP contribution is 2.22. The predicted octanol–water partition coefficient (Wildman–Crippen LogP) is 1.70. The molecule has 1 N–H and O–H groups in total. The molecule has 0 unspecified atom stereocenters. The number of benzene rings is 1. The summed E-state index contributed by atoms with van der Waals surface area (Å²) in [6.45, 7) is 3.59. The van der Waals surface area contributed by atoms with Crippen LogP contribution >= 0.6 is 0 Å². The number of hydrogen-bond donors (Lipinski definition) is 1. The Labute approximate surface area is 145 Å². The van der Waals surface area contributed by atoms with Crippen molar-refractivity contribution in [3.05, 3.63) is 57.5 Å². The van der Waals surface area contributed by atoms with Gasteiger partial charge in [-0.15, -0.1) is 0 Å². The van der Waals surface area contributed by atoms with Gasteiger partial charge in [-0.1, -0.05) is 32.0 Å². The SMILES string of the molecule is CCc1cccc(CC)c1NC(=O)COC(=O)c1ccc(=O)n(C)n1. The van der Waals surface area contributed by atoms with Gasteiger partial charge < -0.3 is 10.1 Å². The van der Waals surface area contributed by atoms with E-state index in [4.69, 9.17) is 4.74 Å². The van der Waals surface area contributed by atoms with Crippen molar-refractivity contribution in [3.8, 4) is 0 Å². The Morgan fingerprint density at radius 1 is 1.12 bits per heavy atom. The maximum Gasteiger partial charge on any atom is 0.359 e. The number of amides is 1. The number of anilines is 1. The van der Waals surface area contributed by atoms with E-state index >= 15 is 0 Å². The van der Waals surface area contributed by atoms with Crippen molar-refractivity contribution in [2.45, 2.75) is 26.7 Å². The molecule has 7 heteroatoms. The van der Waals surface area contributed by atoms with Gasteiger partial charge in [-0.2, -0.15) is 5.10 Å². The molecule has 1 aromatic heterocycles. The summed E-state index contributed by atoms with van der Waals surface area (Å²) in [6.07, 6.45) is 1.57. The summed E-state index contributed by atoms with van der Waals surface area (Å²) < 4.78 is 6.00. The van der Waals surface area contributed by atoms with Gasteiger partial charge in [0.25, 0.3) is 11.5 Å². The molecular weight excluding hydrogens is 322 g/mol. The number of nitrogens with zero attached hydrogens (tertiary/aromatic N) is 2. The number of aromatic nitrogens is 2. The van der Waals surface area contributed by atoms with E-state index in [9.17, 15) is 14.4 Å². The van der Waals surface area contributed by atoms with Crippen LogP contribution in [0.5, 0.6) is 0 Å². The summed E-state index contributed by atoms with van der Waals surface area (Å²) in [5.74, 6) is -1.18. The lowest BCUT2D eigenvalue weighted by atomic mass is 10.0. The first-order valence-corrected chi connectivity index (χ1v) is 8.08. The van der Waals surface area contributed by atoms with E-state index in [2.05, 4.69) is 10.4 Å². The topological polar surface area (TPSA) is 90.3 Å². The second-order valence-corrected chi connectivity index (χ2v) is 5.46. The highest BCUT2D eigenvalue weighted by Gasteiger charge is 2.14. The van der Waals surface area contributed by atoms with Crippen molar-refractivity contribution >= 4 is 17.6 Å². The van der Waals surface area contributed by atoms with Crippen LogP contribution in [0.2, 0.25) is 0 Å². The molecule has 0 aliphatic rings. The molecule has 1 heterocycles. The fraction of sp³-hybridized carbons (Fsp3) is 0.333. The first kappa shape index (κ1) is 18.4. The van der Waals surface area contributed by atoms with Gasteiger partial charge in [0.15, 0.2) is 12.3 Å². The molecule has 0 atom stereocenters. The Balaban J connectivity index is 2.02. The van der Waals surface area contributed by atoms with Crippen molar-refractivity contribution in [1.29, 1.82) is 0 Å². The molecule has 1 aromatic carbocycles. The molecule has 0 spiro atoms. The second kappa shape index (κ2) is 8.23. The third-order valence-corrected chi connectivity index (χ3v) is 3.77. The average Bonchev–Trinajstić information content (AvgIpc) is 2.62. The van der Waals surface area contributed by atoms with Crippen molar-refractivity contribution < 1.29 is 14.3 Å². The van der Waals surface area contributed by atoms with Gasteiger partial charge >= 0.3 is 5.97 Å². The standard InChI is InChI=1S/C18H21N3O4/c1-4-12-7-6-8-13(5-2)17(12)19-15(22)11-25-18(24)14-9-10-16(23)21(3)20-14/h6-10H,4-5,11H2,1-3H3,(H,19,22). The Kier molecular flexibility index (Phi) is 6.05. The van der Waals surface area contributed by atoms with Gasteiger partial charge in [-0.3, -0.25) is 9.59 Å². The Hall–Kier alpha value is -2.96. The first-order valence-electron chi connectivity index (χ1n) is 8.08. The van der Waals surface area contributed by atoms with E-state index in [1.54, 1.807) is 0 Å². The monoisotopic (exact) mass is 343 g/mol. The molecule has 1 amide bonds. The van der Waals surface area contributed by atoms with E-state index in [0.717, 1.165) is 34.3 Å². The van der Waals surface area contributed by atoms with Crippen molar-refractivity contribution in [1.82, 2.24) is 9.78 Å². The molecule has 0 fully saturated rings. The highest BCUT2D eigenvalue weighted by atomic mass is 16.5. The van der Waals surface area contributed by atoms with Gasteiger partial charge in [0.05, 0.1) is 0 Å². The summed E-state index contributed by atoms with van der Waals surface area (Å²) >= 11 is 0. The Morgan fingerprint density at radius 2 is 1.76 bits per heavy atom. The van der Waals surface area contributed by atoms with Crippen LogP contribution in [0, 0.1) is 0 Å². The third-order valence-electron chi connectivity index (χ3n) is 3.77. The quantitative estimate of drug-likeness (QED) is 0.806. The number of hydrogen-bond acceptors (Lipinski definition) is 5. The van der Waals surface area contributed by atoms with Gasteiger partial charge in [0, 0.05) is 18.8 Å². The molecule has 0 saturated heterocycles. The molecule has 0 saturated carbocycles. The summed E-state index contributed by atoms with van der Waals surface area (Å²) in [4.78, 5) is 35.3. The summed E-state index contributed by atoms with van der Waals surface area (Å²) in [7, 11) is 1.43. The third kappa shape index (κ3) is 4.53.